The van der Waals surface area contributed by atoms with Crippen molar-refractivity contribution in [3.05, 3.63) is 29.8 Å². The molecule has 1 aromatic rings. The van der Waals surface area contributed by atoms with Gasteiger partial charge in [0, 0.05) is 5.56 Å². The van der Waals surface area contributed by atoms with E-state index in [1.54, 1.807) is 0 Å². The summed E-state index contributed by atoms with van der Waals surface area (Å²) in [5, 5.41) is 1.48. The van der Waals surface area contributed by atoms with Gasteiger partial charge in [0.05, 0.1) is 13.2 Å². The molecule has 0 spiro atoms. The van der Waals surface area contributed by atoms with Crippen LogP contribution in [0.1, 0.15) is 12.5 Å². The molecule has 0 fully saturated rings. The van der Waals surface area contributed by atoms with E-state index in [9.17, 15) is 0 Å². The largest absolute Gasteiger partial charge is 0.494 e. The minimum Gasteiger partial charge on any atom is -0.494 e. The number of para-hydroxylation sites is 1. The summed E-state index contributed by atoms with van der Waals surface area (Å²) in [4.78, 5) is 0. The monoisotopic (exact) mass is 225 g/mol. The molecule has 0 saturated heterocycles. The maximum atomic E-state index is 5.63. The molecule has 4 nitrogen and oxygen atoms in total. The SMILES string of the molecule is CCOc1ccccc1CN(N)C(N)=S. The van der Waals surface area contributed by atoms with Gasteiger partial charge in [-0.1, -0.05) is 18.2 Å². The van der Waals surface area contributed by atoms with Crippen LogP contribution in [-0.2, 0) is 6.54 Å². The molecule has 1 aromatic carbocycles. The molecular formula is C10H15N3OS. The highest BCUT2D eigenvalue weighted by molar-refractivity contribution is 7.80. The molecule has 0 unspecified atom stereocenters. The second kappa shape index (κ2) is 5.53. The Kier molecular flexibility index (Phi) is 4.33. The molecule has 0 bridgehead atoms. The van der Waals surface area contributed by atoms with E-state index in [2.05, 4.69) is 0 Å². The number of thiocarbonyl (C=S) groups is 1. The van der Waals surface area contributed by atoms with E-state index >= 15 is 0 Å². The van der Waals surface area contributed by atoms with Crippen LogP contribution in [0.3, 0.4) is 0 Å². The van der Waals surface area contributed by atoms with Gasteiger partial charge in [0.2, 0.25) is 0 Å². The Bertz CT molecular complexity index is 343. The van der Waals surface area contributed by atoms with Crippen LogP contribution >= 0.6 is 12.2 Å². The average molecular weight is 225 g/mol. The van der Waals surface area contributed by atoms with E-state index in [0.29, 0.717) is 13.2 Å². The van der Waals surface area contributed by atoms with Crippen molar-refractivity contribution in [2.24, 2.45) is 11.6 Å². The molecule has 1 rings (SSSR count). The van der Waals surface area contributed by atoms with Gasteiger partial charge in [0.1, 0.15) is 5.75 Å². The lowest BCUT2D eigenvalue weighted by Gasteiger charge is -2.18. The van der Waals surface area contributed by atoms with Crippen LogP contribution in [0, 0.1) is 0 Å². The fourth-order valence-corrected chi connectivity index (χ4v) is 1.26. The standard InChI is InChI=1S/C10H15N3OS/c1-2-14-9-6-4-3-5-8(9)7-13(12)10(11)15/h3-6H,2,7,12H2,1H3,(H2,11,15). The zero-order valence-corrected chi connectivity index (χ0v) is 9.46. The first-order chi connectivity index (χ1) is 7.15. The third-order valence-electron chi connectivity index (χ3n) is 1.90. The molecule has 0 aliphatic rings. The van der Waals surface area contributed by atoms with E-state index in [0.717, 1.165) is 11.3 Å². The summed E-state index contributed by atoms with van der Waals surface area (Å²) in [6, 6.07) is 7.66. The van der Waals surface area contributed by atoms with Crippen molar-refractivity contribution >= 4 is 17.3 Å². The smallest absolute Gasteiger partial charge is 0.180 e. The summed E-state index contributed by atoms with van der Waals surface area (Å²) in [6.07, 6.45) is 0. The zero-order valence-electron chi connectivity index (χ0n) is 8.64. The molecule has 15 heavy (non-hydrogen) atoms. The number of ether oxygens (including phenoxy) is 1. The predicted octanol–water partition coefficient (Wildman–Crippen LogP) is 1.00. The molecule has 0 saturated carbocycles. The minimum atomic E-state index is 0.168. The van der Waals surface area contributed by atoms with Crippen LogP contribution in [0.25, 0.3) is 0 Å². The molecule has 0 aliphatic carbocycles. The van der Waals surface area contributed by atoms with E-state index in [1.807, 2.05) is 31.2 Å². The van der Waals surface area contributed by atoms with Crippen molar-refractivity contribution in [1.29, 1.82) is 0 Å². The Balaban J connectivity index is 2.79. The van der Waals surface area contributed by atoms with Crippen molar-refractivity contribution < 1.29 is 4.74 Å². The van der Waals surface area contributed by atoms with Gasteiger partial charge < -0.3 is 10.5 Å². The highest BCUT2D eigenvalue weighted by atomic mass is 32.1. The van der Waals surface area contributed by atoms with Crippen LogP contribution in [0.2, 0.25) is 0 Å². The highest BCUT2D eigenvalue weighted by Gasteiger charge is 2.06. The summed E-state index contributed by atoms with van der Waals surface area (Å²) in [7, 11) is 0. The van der Waals surface area contributed by atoms with E-state index in [1.165, 1.54) is 5.01 Å². The molecular weight excluding hydrogens is 210 g/mol. The highest BCUT2D eigenvalue weighted by Crippen LogP contribution is 2.18. The lowest BCUT2D eigenvalue weighted by atomic mass is 10.2. The second-order valence-electron chi connectivity index (χ2n) is 3.01. The average Bonchev–Trinajstić information content (AvgIpc) is 2.21. The summed E-state index contributed by atoms with van der Waals surface area (Å²) in [6.45, 7) is 3.00. The quantitative estimate of drug-likeness (QED) is 0.455. The second-order valence-corrected chi connectivity index (χ2v) is 3.43. The van der Waals surface area contributed by atoms with Crippen molar-refractivity contribution in [2.75, 3.05) is 6.61 Å². The van der Waals surface area contributed by atoms with Crippen molar-refractivity contribution in [3.63, 3.8) is 0 Å². The van der Waals surface area contributed by atoms with Gasteiger partial charge in [-0.15, -0.1) is 0 Å². The number of hydrogen-bond acceptors (Lipinski definition) is 3. The van der Waals surface area contributed by atoms with E-state index in [-0.39, 0.29) is 5.11 Å². The molecule has 0 aliphatic heterocycles. The number of benzene rings is 1. The Morgan fingerprint density at radius 1 is 1.47 bits per heavy atom. The first-order valence-corrected chi connectivity index (χ1v) is 5.08. The summed E-state index contributed by atoms with van der Waals surface area (Å²) in [5.74, 6) is 6.44. The van der Waals surface area contributed by atoms with Crippen molar-refractivity contribution in [1.82, 2.24) is 5.01 Å². The minimum absolute atomic E-state index is 0.168. The summed E-state index contributed by atoms with van der Waals surface area (Å²) >= 11 is 4.76. The normalized spacial score (nSPS) is 9.73. The molecule has 0 radical (unpaired) electrons. The molecule has 4 N–H and O–H groups in total. The summed E-state index contributed by atoms with van der Waals surface area (Å²) < 4.78 is 5.45. The summed E-state index contributed by atoms with van der Waals surface area (Å²) in [5.41, 5.74) is 6.37. The Hall–Kier alpha value is -1.33. The van der Waals surface area contributed by atoms with Crippen LogP contribution in [-0.4, -0.2) is 16.7 Å². The fraction of sp³-hybridized carbons (Fsp3) is 0.300. The Morgan fingerprint density at radius 2 is 2.13 bits per heavy atom. The first kappa shape index (κ1) is 11.7. The van der Waals surface area contributed by atoms with Crippen molar-refractivity contribution in [3.8, 4) is 5.75 Å². The lowest BCUT2D eigenvalue weighted by molar-refractivity contribution is 0.328. The topological polar surface area (TPSA) is 64.5 Å². The van der Waals surface area contributed by atoms with Crippen LogP contribution in [0.4, 0.5) is 0 Å². The fourth-order valence-electron chi connectivity index (χ4n) is 1.19. The molecule has 82 valence electrons. The van der Waals surface area contributed by atoms with Crippen molar-refractivity contribution in [2.45, 2.75) is 13.5 Å². The number of hydrazine groups is 1. The molecule has 5 heteroatoms. The number of nitrogens with zero attached hydrogens (tertiary/aromatic N) is 1. The van der Waals surface area contributed by atoms with Gasteiger partial charge in [-0.2, -0.15) is 0 Å². The Morgan fingerprint density at radius 3 is 2.73 bits per heavy atom. The zero-order chi connectivity index (χ0) is 11.3. The van der Waals surface area contributed by atoms with Gasteiger partial charge >= 0.3 is 0 Å². The maximum absolute atomic E-state index is 5.63. The first-order valence-electron chi connectivity index (χ1n) is 4.67. The molecule has 0 amide bonds. The van der Waals surface area contributed by atoms with E-state index < -0.39 is 0 Å². The predicted molar refractivity (Wildman–Crippen MR) is 64.1 cm³/mol. The van der Waals surface area contributed by atoms with Crippen LogP contribution in [0.5, 0.6) is 5.75 Å². The third kappa shape index (κ3) is 3.38. The lowest BCUT2D eigenvalue weighted by Crippen LogP contribution is -2.40. The van der Waals surface area contributed by atoms with Gasteiger partial charge in [-0.05, 0) is 25.2 Å². The number of nitrogens with two attached hydrogens (primary N) is 2. The molecule has 0 heterocycles. The van der Waals surface area contributed by atoms with Crippen LogP contribution < -0.4 is 16.3 Å². The van der Waals surface area contributed by atoms with Crippen LogP contribution in [0.15, 0.2) is 24.3 Å². The van der Waals surface area contributed by atoms with Gasteiger partial charge in [-0.3, -0.25) is 5.01 Å². The molecule has 0 atom stereocenters. The maximum Gasteiger partial charge on any atom is 0.180 e. The third-order valence-corrected chi connectivity index (χ3v) is 2.13. The number of hydrogen-bond donors (Lipinski definition) is 2. The Labute approximate surface area is 94.8 Å². The van der Waals surface area contributed by atoms with Gasteiger partial charge in [-0.25, -0.2) is 5.84 Å². The number of rotatable bonds is 4. The van der Waals surface area contributed by atoms with Gasteiger partial charge in [0.15, 0.2) is 5.11 Å². The van der Waals surface area contributed by atoms with E-state index in [4.69, 9.17) is 28.5 Å². The van der Waals surface area contributed by atoms with Gasteiger partial charge in [0.25, 0.3) is 0 Å². The molecule has 0 aromatic heterocycles.